The largest absolute Gasteiger partial charge is 0.444 e. The maximum atomic E-state index is 11.6. The van der Waals surface area contributed by atoms with Gasteiger partial charge in [-0.3, -0.25) is 0 Å². The fourth-order valence-electron chi connectivity index (χ4n) is 2.43. The van der Waals surface area contributed by atoms with E-state index in [1.54, 1.807) is 0 Å². The number of rotatable bonds is 5. The van der Waals surface area contributed by atoms with E-state index in [0.717, 1.165) is 12.1 Å². The molecule has 1 saturated heterocycles. The van der Waals surface area contributed by atoms with Gasteiger partial charge in [0.05, 0.1) is 0 Å². The highest BCUT2D eigenvalue weighted by molar-refractivity contribution is 7.99. The molecule has 0 bridgehead atoms. The predicted molar refractivity (Wildman–Crippen MR) is 96.7 cm³/mol. The van der Waals surface area contributed by atoms with E-state index < -0.39 is 5.60 Å². The number of hydrogen-bond donors (Lipinski definition) is 2. The molecule has 1 atom stereocenters. The molecule has 4 nitrogen and oxygen atoms in total. The Bertz CT molecular complexity index is 491. The molecule has 2 rings (SSSR count). The summed E-state index contributed by atoms with van der Waals surface area (Å²) in [5.74, 6) is 2.52. The Labute approximate surface area is 143 Å². The van der Waals surface area contributed by atoms with Crippen LogP contribution in [0.25, 0.3) is 0 Å². The minimum Gasteiger partial charge on any atom is -0.444 e. The summed E-state index contributed by atoms with van der Waals surface area (Å²) >= 11 is 2.04. The van der Waals surface area contributed by atoms with Gasteiger partial charge in [-0.25, -0.2) is 4.79 Å². The molecule has 0 radical (unpaired) electrons. The smallest absolute Gasteiger partial charge is 0.407 e. The summed E-state index contributed by atoms with van der Waals surface area (Å²) in [5.41, 5.74) is 1.89. The van der Waals surface area contributed by atoms with Gasteiger partial charge < -0.3 is 15.4 Å². The quantitative estimate of drug-likeness (QED) is 0.861. The van der Waals surface area contributed by atoms with Gasteiger partial charge in [-0.1, -0.05) is 24.3 Å². The number of thioether (sulfide) groups is 1. The Hall–Kier alpha value is -1.20. The van der Waals surface area contributed by atoms with Gasteiger partial charge in [0.1, 0.15) is 5.60 Å². The molecule has 5 heteroatoms. The van der Waals surface area contributed by atoms with Gasteiger partial charge in [0.2, 0.25) is 0 Å². The lowest BCUT2D eigenvalue weighted by atomic mass is 10.1. The van der Waals surface area contributed by atoms with Crippen LogP contribution in [-0.2, 0) is 17.8 Å². The summed E-state index contributed by atoms with van der Waals surface area (Å²) in [5, 5.41) is 6.40. The van der Waals surface area contributed by atoms with E-state index in [1.165, 1.54) is 29.9 Å². The predicted octanol–water partition coefficient (Wildman–Crippen LogP) is 3.70. The number of benzene rings is 1. The molecular formula is C18H28N2O2S. The highest BCUT2D eigenvalue weighted by atomic mass is 32.2. The Morgan fingerprint density at radius 3 is 2.43 bits per heavy atom. The van der Waals surface area contributed by atoms with Crippen molar-refractivity contribution in [3.8, 4) is 0 Å². The monoisotopic (exact) mass is 336 g/mol. The molecule has 1 aromatic rings. The first-order chi connectivity index (χ1) is 10.9. The van der Waals surface area contributed by atoms with Crippen LogP contribution in [0.2, 0.25) is 0 Å². The second kappa shape index (κ2) is 8.60. The zero-order chi connectivity index (χ0) is 16.7. The zero-order valence-corrected chi connectivity index (χ0v) is 15.2. The van der Waals surface area contributed by atoms with E-state index in [4.69, 9.17) is 4.74 Å². The Morgan fingerprint density at radius 2 is 1.87 bits per heavy atom. The van der Waals surface area contributed by atoms with Crippen LogP contribution in [0.3, 0.4) is 0 Å². The molecule has 1 aromatic carbocycles. The molecule has 1 amide bonds. The van der Waals surface area contributed by atoms with Gasteiger partial charge in [-0.15, -0.1) is 0 Å². The normalized spacial score (nSPS) is 18.5. The maximum Gasteiger partial charge on any atom is 0.407 e. The number of amides is 1. The highest BCUT2D eigenvalue weighted by Gasteiger charge is 2.15. The first-order valence-electron chi connectivity index (χ1n) is 8.28. The van der Waals surface area contributed by atoms with Crippen molar-refractivity contribution in [3.63, 3.8) is 0 Å². The van der Waals surface area contributed by atoms with Crippen molar-refractivity contribution in [2.75, 3.05) is 11.5 Å². The minimum atomic E-state index is -0.461. The molecule has 0 aliphatic carbocycles. The third-order valence-electron chi connectivity index (χ3n) is 3.61. The fraction of sp³-hybridized carbons (Fsp3) is 0.611. The Kier molecular flexibility index (Phi) is 6.78. The first-order valence-corrected chi connectivity index (χ1v) is 9.44. The second-order valence-corrected chi connectivity index (χ2v) is 8.12. The summed E-state index contributed by atoms with van der Waals surface area (Å²) < 4.78 is 5.23. The average Bonchev–Trinajstić information content (AvgIpc) is 2.51. The number of alkyl carbamates (subject to hydrolysis) is 1. The summed E-state index contributed by atoms with van der Waals surface area (Å²) in [6.07, 6.45) is 2.22. The van der Waals surface area contributed by atoms with E-state index in [-0.39, 0.29) is 6.09 Å². The fourth-order valence-corrected chi connectivity index (χ4v) is 3.53. The number of nitrogens with one attached hydrogen (secondary N) is 2. The molecule has 1 aliphatic rings. The first kappa shape index (κ1) is 18.1. The highest BCUT2D eigenvalue weighted by Crippen LogP contribution is 2.17. The van der Waals surface area contributed by atoms with Crippen LogP contribution in [0, 0.1) is 0 Å². The summed E-state index contributed by atoms with van der Waals surface area (Å²) in [6.45, 7) is 6.98. The number of ether oxygens (including phenoxy) is 1. The van der Waals surface area contributed by atoms with Gasteiger partial charge in [0.25, 0.3) is 0 Å². The lowest BCUT2D eigenvalue weighted by molar-refractivity contribution is 0.0523. The molecule has 1 fully saturated rings. The average molecular weight is 337 g/mol. The Morgan fingerprint density at radius 1 is 1.22 bits per heavy atom. The molecule has 0 spiro atoms. The summed E-state index contributed by atoms with van der Waals surface area (Å²) in [6, 6.07) is 9.00. The second-order valence-electron chi connectivity index (χ2n) is 6.97. The summed E-state index contributed by atoms with van der Waals surface area (Å²) in [4.78, 5) is 11.6. The van der Waals surface area contributed by atoms with Crippen molar-refractivity contribution >= 4 is 17.9 Å². The van der Waals surface area contributed by atoms with Crippen LogP contribution >= 0.6 is 11.8 Å². The van der Waals surface area contributed by atoms with E-state index in [9.17, 15) is 4.79 Å². The van der Waals surface area contributed by atoms with Gasteiger partial charge >= 0.3 is 6.09 Å². The SMILES string of the molecule is CC(C)(C)OC(=O)NCc1ccc(CNC2CCCSC2)cc1. The Balaban J connectivity index is 1.72. The third kappa shape index (κ3) is 7.27. The summed E-state index contributed by atoms with van der Waals surface area (Å²) in [7, 11) is 0. The molecule has 2 N–H and O–H groups in total. The van der Waals surface area contributed by atoms with Gasteiger partial charge in [-0.2, -0.15) is 11.8 Å². The number of hydrogen-bond acceptors (Lipinski definition) is 4. The molecule has 23 heavy (non-hydrogen) atoms. The topological polar surface area (TPSA) is 50.4 Å². The van der Waals surface area contributed by atoms with Crippen molar-refractivity contribution in [2.45, 2.75) is 58.3 Å². The van der Waals surface area contributed by atoms with Gasteiger partial charge in [0, 0.05) is 24.9 Å². The molecule has 0 saturated carbocycles. The third-order valence-corrected chi connectivity index (χ3v) is 4.83. The van der Waals surface area contributed by atoms with Gasteiger partial charge in [-0.05, 0) is 50.5 Å². The van der Waals surface area contributed by atoms with Crippen molar-refractivity contribution in [1.82, 2.24) is 10.6 Å². The lowest BCUT2D eigenvalue weighted by Crippen LogP contribution is -2.33. The molecular weight excluding hydrogens is 308 g/mol. The number of carbonyl (C=O) groups excluding carboxylic acids is 1. The van der Waals surface area contributed by atoms with Crippen LogP contribution in [0.1, 0.15) is 44.7 Å². The van der Waals surface area contributed by atoms with Crippen molar-refractivity contribution in [3.05, 3.63) is 35.4 Å². The minimum absolute atomic E-state index is 0.377. The molecule has 128 valence electrons. The van der Waals surface area contributed by atoms with Crippen LogP contribution in [0.15, 0.2) is 24.3 Å². The van der Waals surface area contributed by atoms with Crippen LogP contribution in [0.4, 0.5) is 4.79 Å². The van der Waals surface area contributed by atoms with E-state index in [2.05, 4.69) is 34.9 Å². The lowest BCUT2D eigenvalue weighted by Gasteiger charge is -2.22. The molecule has 1 unspecified atom stereocenters. The van der Waals surface area contributed by atoms with Crippen LogP contribution in [0.5, 0.6) is 0 Å². The van der Waals surface area contributed by atoms with Crippen molar-refractivity contribution in [2.24, 2.45) is 0 Å². The standard InChI is InChI=1S/C18H28N2O2S/c1-18(2,3)22-17(21)20-12-15-8-6-14(7-9-15)11-19-16-5-4-10-23-13-16/h6-9,16,19H,4-5,10-13H2,1-3H3,(H,20,21). The molecule has 0 aromatic heterocycles. The van der Waals surface area contributed by atoms with Gasteiger partial charge in [0.15, 0.2) is 0 Å². The van der Waals surface area contributed by atoms with E-state index in [0.29, 0.717) is 12.6 Å². The van der Waals surface area contributed by atoms with Crippen molar-refractivity contribution in [1.29, 1.82) is 0 Å². The van der Waals surface area contributed by atoms with E-state index >= 15 is 0 Å². The molecule has 1 heterocycles. The maximum absolute atomic E-state index is 11.6. The number of carbonyl (C=O) groups is 1. The van der Waals surface area contributed by atoms with Crippen molar-refractivity contribution < 1.29 is 9.53 Å². The molecule has 1 aliphatic heterocycles. The zero-order valence-electron chi connectivity index (χ0n) is 14.4. The van der Waals surface area contributed by atoms with Crippen LogP contribution in [-0.4, -0.2) is 29.2 Å². The van der Waals surface area contributed by atoms with Crippen LogP contribution < -0.4 is 10.6 Å². The van der Waals surface area contributed by atoms with E-state index in [1.807, 2.05) is 32.5 Å².